The molecule has 0 aromatic carbocycles. The van der Waals surface area contributed by atoms with Crippen LogP contribution in [0.1, 0.15) is 0 Å². The molecule has 0 saturated carbocycles. The van der Waals surface area contributed by atoms with E-state index in [1.807, 2.05) is 32.7 Å². The highest BCUT2D eigenvalue weighted by molar-refractivity contribution is 6.85. The molecule has 0 amide bonds. The van der Waals surface area contributed by atoms with E-state index in [0.29, 0.717) is 0 Å². The fourth-order valence-electron chi connectivity index (χ4n) is 4.10. The van der Waals surface area contributed by atoms with Crippen LogP contribution in [-0.2, 0) is 45.9 Å². The van der Waals surface area contributed by atoms with Crippen molar-refractivity contribution in [3.05, 3.63) is 0 Å². The lowest BCUT2D eigenvalue weighted by molar-refractivity contribution is 0.248. The summed E-state index contributed by atoms with van der Waals surface area (Å²) in [4.78, 5) is 0. The summed E-state index contributed by atoms with van der Waals surface area (Å²) < 4.78 is 67.7. The molecule has 0 saturated heterocycles. The quantitative estimate of drug-likeness (QED) is 0.144. The Morgan fingerprint density at radius 1 is 0.425 bits per heavy atom. The molecule has 8 unspecified atom stereocenters. The van der Waals surface area contributed by atoms with Crippen LogP contribution < -0.4 is 0 Å². The number of rotatable bonds is 23. The fourth-order valence-corrected chi connectivity index (χ4v) is 39.5. The van der Waals surface area contributed by atoms with Gasteiger partial charge in [-0.15, -0.1) is 0 Å². The first-order chi connectivity index (χ1) is 18.2. The van der Waals surface area contributed by atoms with Crippen molar-refractivity contribution in [3.8, 4) is 0 Å². The van der Waals surface area contributed by atoms with E-state index >= 15 is 0 Å². The zero-order chi connectivity index (χ0) is 31.3. The van der Waals surface area contributed by atoms with E-state index in [2.05, 4.69) is 58.9 Å². The largest absolute Gasteiger partial charge is 0.442 e. The summed E-state index contributed by atoms with van der Waals surface area (Å²) in [5, 5.41) is 0. The predicted molar refractivity (Wildman–Crippen MR) is 190 cm³/mol. The van der Waals surface area contributed by atoms with Gasteiger partial charge in [0.1, 0.15) is 0 Å². The first-order valence-electron chi connectivity index (χ1n) is 14.3. The van der Waals surface area contributed by atoms with Crippen LogP contribution in [0.2, 0.25) is 104 Å². The molecule has 0 aromatic heterocycles. The topological polar surface area (TPSA) is 102 Å². The molecule has 0 aliphatic carbocycles. The zero-order valence-corrected chi connectivity index (χ0v) is 40.3. The number of hydrogen-bond acceptors (Lipinski definition) is 11. The standard InChI is InChI=1S/C18H60O11Si11/c1-19-39(15,20-2)17-18-40(16,29-38(12,13)14)28-37(11)27-36(10)26-35(9)25-34(8)24-33(7)23-32(6)22-31(5)21-30(3)4/h30-37H,17-18H2,1-16H3. The van der Waals surface area contributed by atoms with Gasteiger partial charge in [-0.1, -0.05) is 0 Å². The third-order valence-electron chi connectivity index (χ3n) is 5.60. The minimum Gasteiger partial charge on any atom is -0.442 e. The Labute approximate surface area is 262 Å². The highest BCUT2D eigenvalue weighted by Gasteiger charge is 2.42. The zero-order valence-electron chi connectivity index (χ0n) is 28.0. The average Bonchev–Trinajstić information content (AvgIpc) is 2.74. The molecule has 0 aliphatic rings. The molecule has 0 radical (unpaired) electrons. The van der Waals surface area contributed by atoms with Crippen LogP contribution in [0.5, 0.6) is 0 Å². The van der Waals surface area contributed by atoms with E-state index in [9.17, 15) is 0 Å². The Morgan fingerprint density at radius 2 is 0.725 bits per heavy atom. The van der Waals surface area contributed by atoms with E-state index in [1.54, 1.807) is 14.2 Å². The van der Waals surface area contributed by atoms with Gasteiger partial charge < -0.3 is 45.9 Å². The molecule has 0 N–H and O–H groups in total. The number of hydrogen-bond donors (Lipinski definition) is 0. The molecule has 0 aliphatic heterocycles. The van der Waals surface area contributed by atoms with Crippen molar-refractivity contribution in [3.63, 3.8) is 0 Å². The minimum absolute atomic E-state index is 0.818. The summed E-state index contributed by atoms with van der Waals surface area (Å²) in [5.74, 6) is 0. The van der Waals surface area contributed by atoms with Crippen molar-refractivity contribution in [2.75, 3.05) is 14.2 Å². The van der Waals surface area contributed by atoms with Crippen LogP contribution in [0.4, 0.5) is 0 Å². The van der Waals surface area contributed by atoms with Gasteiger partial charge in [0.15, 0.2) is 17.4 Å². The monoisotopic (exact) mass is 760 g/mol. The maximum absolute atomic E-state index is 6.65. The van der Waals surface area contributed by atoms with Crippen LogP contribution in [0.25, 0.3) is 0 Å². The molecule has 8 atom stereocenters. The summed E-state index contributed by atoms with van der Waals surface area (Å²) in [5.41, 5.74) is 0. The van der Waals surface area contributed by atoms with Crippen molar-refractivity contribution in [1.29, 1.82) is 0 Å². The Bertz CT molecular complexity index is 680. The Morgan fingerprint density at radius 3 is 1.02 bits per heavy atom. The van der Waals surface area contributed by atoms with Crippen LogP contribution in [-0.4, -0.2) is 114 Å². The Balaban J connectivity index is 4.76. The van der Waals surface area contributed by atoms with E-state index in [4.69, 9.17) is 45.9 Å². The lowest BCUT2D eigenvalue weighted by Gasteiger charge is -2.37. The maximum atomic E-state index is 6.65. The van der Waals surface area contributed by atoms with Crippen LogP contribution in [0.3, 0.4) is 0 Å². The van der Waals surface area contributed by atoms with Gasteiger partial charge in [-0.2, -0.15) is 0 Å². The predicted octanol–water partition coefficient (Wildman–Crippen LogP) is 2.34. The molecule has 0 fully saturated rings. The lowest BCUT2D eigenvalue weighted by atomic mass is 10.9. The van der Waals surface area contributed by atoms with Crippen molar-refractivity contribution >= 4 is 99.5 Å². The first kappa shape index (κ1) is 41.9. The Hall–Kier alpha value is 1.95. The second-order valence-electron chi connectivity index (χ2n) is 11.5. The smallest absolute Gasteiger partial charge is 0.334 e. The summed E-state index contributed by atoms with van der Waals surface area (Å²) in [6.45, 7) is 29.5. The Kier molecular flexibility index (Phi) is 21.1. The molecule has 40 heavy (non-hydrogen) atoms. The van der Waals surface area contributed by atoms with E-state index < -0.39 is 99.5 Å². The van der Waals surface area contributed by atoms with Gasteiger partial charge in [-0.25, -0.2) is 0 Å². The van der Waals surface area contributed by atoms with Crippen LogP contribution in [0.15, 0.2) is 0 Å². The summed E-state index contributed by atoms with van der Waals surface area (Å²) in [7, 11) is -17.1. The molecule has 0 rings (SSSR count). The maximum Gasteiger partial charge on any atom is 0.334 e. The highest BCUT2D eigenvalue weighted by Crippen LogP contribution is 2.27. The molecule has 0 heterocycles. The van der Waals surface area contributed by atoms with Crippen molar-refractivity contribution < 1.29 is 45.9 Å². The summed E-state index contributed by atoms with van der Waals surface area (Å²) >= 11 is 0. The summed E-state index contributed by atoms with van der Waals surface area (Å²) in [6, 6.07) is 1.64. The van der Waals surface area contributed by atoms with Crippen molar-refractivity contribution in [2.24, 2.45) is 0 Å². The third-order valence-corrected chi connectivity index (χ3v) is 39.7. The third kappa shape index (κ3) is 20.8. The second kappa shape index (κ2) is 20.1. The molecule has 0 bridgehead atoms. The van der Waals surface area contributed by atoms with Gasteiger partial charge in [-0.05, 0) is 104 Å². The molecule has 0 spiro atoms. The highest BCUT2D eigenvalue weighted by atomic mass is 28.5. The molecule has 22 heteroatoms. The second-order valence-corrected chi connectivity index (χ2v) is 41.5. The fraction of sp³-hybridized carbons (Fsp3) is 1.00. The van der Waals surface area contributed by atoms with Crippen LogP contribution in [0, 0.1) is 0 Å². The van der Waals surface area contributed by atoms with E-state index in [1.165, 1.54) is 0 Å². The summed E-state index contributed by atoms with van der Waals surface area (Å²) in [6.07, 6.45) is 0. The van der Waals surface area contributed by atoms with Gasteiger partial charge in [0.2, 0.25) is 0 Å². The molecule has 0 aromatic rings. The van der Waals surface area contributed by atoms with Gasteiger partial charge >= 0.3 is 17.1 Å². The van der Waals surface area contributed by atoms with Gasteiger partial charge in [0, 0.05) is 14.2 Å². The minimum atomic E-state index is -2.49. The van der Waals surface area contributed by atoms with E-state index in [-0.39, 0.29) is 0 Å². The van der Waals surface area contributed by atoms with Gasteiger partial charge in [0.05, 0.1) is 0 Å². The van der Waals surface area contributed by atoms with Gasteiger partial charge in [0.25, 0.3) is 65.0 Å². The van der Waals surface area contributed by atoms with Gasteiger partial charge in [-0.3, -0.25) is 0 Å². The average molecular weight is 762 g/mol. The van der Waals surface area contributed by atoms with Crippen molar-refractivity contribution in [1.82, 2.24) is 0 Å². The molecular formula is C18H60O11Si11. The SMILES string of the molecule is CO[Si](C)(CC[Si](C)(O[SiH](C)O[SiH](C)O[SiH](C)O[SiH](C)O[SiH](C)O[SiH](C)O[SiH](C)O[SiH](C)C)O[Si](C)(C)C)OC. The van der Waals surface area contributed by atoms with Crippen molar-refractivity contribution in [2.45, 2.75) is 104 Å². The normalized spacial score (nSPS) is 20.0. The molecular weight excluding hydrogens is 701 g/mol. The lowest BCUT2D eigenvalue weighted by Crippen LogP contribution is -2.52. The molecule has 242 valence electrons. The van der Waals surface area contributed by atoms with E-state index in [0.717, 1.165) is 12.1 Å². The van der Waals surface area contributed by atoms with Crippen LogP contribution >= 0.6 is 0 Å². The first-order valence-corrected chi connectivity index (χ1v) is 40.2. The molecule has 11 nitrogen and oxygen atoms in total.